The summed E-state index contributed by atoms with van der Waals surface area (Å²) in [6.45, 7) is -2.47. The molecule has 44 heteroatoms. The Kier molecular flexibility index (Phi) is 33.9. The summed E-state index contributed by atoms with van der Waals surface area (Å²) in [4.78, 5) is 38.4. The van der Waals surface area contributed by atoms with Crippen LogP contribution in [-0.4, -0.2) is 435 Å². The fraction of sp³-hybridized carbons (Fsp3) is 0.952. The lowest BCUT2D eigenvalue weighted by Crippen LogP contribution is -2.71. The van der Waals surface area contributed by atoms with Crippen molar-refractivity contribution in [3.63, 3.8) is 0 Å². The predicted octanol–water partition coefficient (Wildman–Crippen LogP) is -14.6. The lowest BCUT2D eigenvalue weighted by atomic mass is 9.93. The number of rotatable bonds is 33. The molecule has 0 aromatic rings. The molecule has 8 rings (SSSR count). The van der Waals surface area contributed by atoms with Gasteiger partial charge in [0.15, 0.2) is 50.3 Å². The number of hydrogen-bond acceptors (Lipinski definition) is 41. The van der Waals surface area contributed by atoms with Crippen molar-refractivity contribution < 1.29 is 203 Å². The summed E-state index contributed by atoms with van der Waals surface area (Å²) in [7, 11) is 0. The maximum atomic E-state index is 12.9. The van der Waals surface area contributed by atoms with Crippen LogP contribution in [0, 0.1) is 0 Å². The minimum Gasteiger partial charge on any atom is -0.394 e. The summed E-state index contributed by atoms with van der Waals surface area (Å²) >= 11 is 0. The predicted molar refractivity (Wildman–Crippen MR) is 336 cm³/mol. The van der Waals surface area contributed by atoms with Gasteiger partial charge in [-0.15, -0.1) is 0 Å². The van der Waals surface area contributed by atoms with Gasteiger partial charge in [-0.05, 0) is 6.42 Å². The number of unbranched alkanes of at least 4 members (excludes halogenated alkanes) is 5. The highest BCUT2D eigenvalue weighted by Gasteiger charge is 2.59. The van der Waals surface area contributed by atoms with Crippen molar-refractivity contribution >= 4 is 17.7 Å². The SMILES string of the molecule is CCCCCCCCO[C@@H]1O[C@H](CO[C@H]2O[C@H](CO[C@@H]3O[C@H](CO)[C@@H](O)[C@H](O[C@@H]4O[C@H](CO)[C@H](O[C@@H]5O[C@H](CO)[C@@H](O[C@@H]6O[C@H](CO)[C@H](O)[C@H](O[C@@H]7O[C@H](CO)[C@@H](O[C@@H]8O[C@H](CO)[C@H](O)[C@H](O)[C@H]8O)[C@H](O)[C@H]7NC(C)=O)[C@H]6O)[C@H](O)[C@H]5NC(C)=O)[C@H](O)[C@H]4O)[C@H]3NC(C)=O)[C@@H](O)[C@H](O)[C@@H]2O)[C@@H](O)[C@H](O)[C@@H]1O. The molecule has 0 aliphatic carbocycles. The second kappa shape index (κ2) is 40.6. The standard InChI is InChI=1S/C62H107N3O41/c1-5-6-7-8-9-10-11-91-58-45(86)42(83)36(77)30(100-58)19-93-59-46(87)43(84)35(76)29(101-59)18-92-55-33(65-22(4)74)53(37(78)24(13-67)94-55)105-61-48(89)44(85)52(28(17-71)99-61)102-56-31(63-20(2)72)39(80)51(27(16-70)97-56)104-62-49(90)54(38(79)25(14-68)96-62)106-57-32(64-21(3)73)40(81)50(26(15-69)98-57)103-60-47(88)41(82)34(75)23(12-66)95-60/h23-62,66-71,75-90H,5-19H2,1-4H3,(H,63,72)(H,64,73)(H,65,74)/t23-,24-,25-,26-,27-,28-,29-,30-,31-,32-,33-,34+,35-,36-,37-,38+,39-,40-,41+,42+,43+,44-,45+,46+,47-,48-,49-,50-,51-,52+,53-,54+,55-,56+,57+,58-,59+,60+,61+,62+/m1/s1. The van der Waals surface area contributed by atoms with Gasteiger partial charge in [0.1, 0.15) is 195 Å². The molecule has 0 aromatic carbocycles. The molecule has 0 aromatic heterocycles. The number of aliphatic hydroxyl groups excluding tert-OH is 22. The molecule has 44 nitrogen and oxygen atoms in total. The average molecular weight is 1550 g/mol. The Labute approximate surface area is 605 Å². The molecule has 40 atom stereocenters. The van der Waals surface area contributed by atoms with Crippen LogP contribution in [0.2, 0.25) is 0 Å². The molecule has 3 amide bonds. The number of ether oxygens (including phenoxy) is 16. The van der Waals surface area contributed by atoms with E-state index in [9.17, 15) is 127 Å². The monoisotopic (exact) mass is 1550 g/mol. The number of amides is 3. The molecular weight excluding hydrogens is 1440 g/mol. The summed E-state index contributed by atoms with van der Waals surface area (Å²) < 4.78 is 93.4. The van der Waals surface area contributed by atoms with E-state index in [0.717, 1.165) is 52.9 Å². The average Bonchev–Trinajstić information content (AvgIpc) is 0.771. The quantitative estimate of drug-likeness (QED) is 0.0271. The molecule has 0 radical (unpaired) electrons. The van der Waals surface area contributed by atoms with Crippen LogP contribution >= 0.6 is 0 Å². The Morgan fingerprint density at radius 1 is 0.274 bits per heavy atom. The van der Waals surface area contributed by atoms with Gasteiger partial charge < -0.3 is 204 Å². The van der Waals surface area contributed by atoms with Crippen molar-refractivity contribution in [2.24, 2.45) is 0 Å². The highest BCUT2D eigenvalue weighted by Crippen LogP contribution is 2.38. The third-order valence-corrected chi connectivity index (χ3v) is 19.6. The van der Waals surface area contributed by atoms with Gasteiger partial charge in [0, 0.05) is 27.4 Å². The van der Waals surface area contributed by atoms with Gasteiger partial charge in [-0.2, -0.15) is 0 Å². The van der Waals surface area contributed by atoms with Crippen LogP contribution in [0.15, 0.2) is 0 Å². The van der Waals surface area contributed by atoms with Crippen LogP contribution in [-0.2, 0) is 90.2 Å². The van der Waals surface area contributed by atoms with Crippen molar-refractivity contribution in [2.45, 2.75) is 312 Å². The minimum atomic E-state index is -2.30. The summed E-state index contributed by atoms with van der Waals surface area (Å²) in [6, 6.07) is -5.35. The van der Waals surface area contributed by atoms with E-state index in [0.29, 0.717) is 6.42 Å². The highest BCUT2D eigenvalue weighted by molar-refractivity contribution is 5.74. The normalized spacial score (nSPS) is 46.7. The molecule has 8 saturated heterocycles. The van der Waals surface area contributed by atoms with E-state index in [1.54, 1.807) is 0 Å². The molecule has 0 unspecified atom stereocenters. The number of nitrogens with one attached hydrogen (secondary N) is 3. The molecular formula is C62H107N3O41. The van der Waals surface area contributed by atoms with Gasteiger partial charge in [-0.3, -0.25) is 14.4 Å². The first kappa shape index (κ1) is 88.5. The minimum absolute atomic E-state index is 0.143. The topological polar surface area (TPSA) is 680 Å². The highest BCUT2D eigenvalue weighted by atomic mass is 16.8. The molecule has 616 valence electrons. The van der Waals surface area contributed by atoms with Crippen LogP contribution in [0.3, 0.4) is 0 Å². The molecule has 8 aliphatic rings. The number of aliphatic hydroxyl groups is 22. The second-order valence-corrected chi connectivity index (χ2v) is 27.3. The molecule has 8 aliphatic heterocycles. The summed E-state index contributed by atoms with van der Waals surface area (Å²) in [5.41, 5.74) is 0. The zero-order valence-corrected chi connectivity index (χ0v) is 58.3. The van der Waals surface area contributed by atoms with E-state index in [1.165, 1.54) is 0 Å². The van der Waals surface area contributed by atoms with Crippen LogP contribution in [0.4, 0.5) is 0 Å². The first-order valence-corrected chi connectivity index (χ1v) is 35.1. The van der Waals surface area contributed by atoms with E-state index < -0.39 is 316 Å². The third-order valence-electron chi connectivity index (χ3n) is 19.6. The van der Waals surface area contributed by atoms with Crippen LogP contribution in [0.5, 0.6) is 0 Å². The Morgan fingerprint density at radius 3 is 1.03 bits per heavy atom. The third kappa shape index (κ3) is 20.8. The van der Waals surface area contributed by atoms with E-state index in [-0.39, 0.29) is 6.61 Å². The Bertz CT molecular complexity index is 2660. The molecule has 8 fully saturated rings. The van der Waals surface area contributed by atoms with E-state index in [2.05, 4.69) is 22.9 Å². The fourth-order valence-corrected chi connectivity index (χ4v) is 13.7. The number of hydrogen-bond donors (Lipinski definition) is 25. The first-order valence-electron chi connectivity index (χ1n) is 35.1. The van der Waals surface area contributed by atoms with Crippen molar-refractivity contribution in [2.75, 3.05) is 59.5 Å². The maximum absolute atomic E-state index is 12.9. The molecule has 8 heterocycles. The number of carbonyl (C=O) groups excluding carboxylic acids is 3. The van der Waals surface area contributed by atoms with Gasteiger partial charge in [0.2, 0.25) is 17.7 Å². The summed E-state index contributed by atoms with van der Waals surface area (Å²) in [6.07, 6.45) is -64.7. The van der Waals surface area contributed by atoms with E-state index >= 15 is 0 Å². The molecule has 106 heavy (non-hydrogen) atoms. The van der Waals surface area contributed by atoms with Crippen molar-refractivity contribution in [1.29, 1.82) is 0 Å². The van der Waals surface area contributed by atoms with Gasteiger partial charge >= 0.3 is 0 Å². The van der Waals surface area contributed by atoms with Gasteiger partial charge in [-0.25, -0.2) is 0 Å². The maximum Gasteiger partial charge on any atom is 0.217 e. The Morgan fingerprint density at radius 2 is 0.575 bits per heavy atom. The smallest absolute Gasteiger partial charge is 0.217 e. The molecule has 0 saturated carbocycles. The van der Waals surface area contributed by atoms with Crippen LogP contribution < -0.4 is 16.0 Å². The number of carbonyl (C=O) groups is 3. The summed E-state index contributed by atoms with van der Waals surface area (Å²) in [5, 5.41) is 249. The van der Waals surface area contributed by atoms with Crippen molar-refractivity contribution in [3.05, 3.63) is 0 Å². The van der Waals surface area contributed by atoms with Gasteiger partial charge in [0.05, 0.1) is 52.9 Å². The molecule has 0 bridgehead atoms. The first-order chi connectivity index (χ1) is 50.4. The zero-order valence-electron chi connectivity index (χ0n) is 58.3. The zero-order chi connectivity index (χ0) is 77.9. The lowest BCUT2D eigenvalue weighted by molar-refractivity contribution is -0.385. The lowest BCUT2D eigenvalue weighted by Gasteiger charge is -2.51. The molecule has 25 N–H and O–H groups in total. The second-order valence-electron chi connectivity index (χ2n) is 27.3. The van der Waals surface area contributed by atoms with Gasteiger partial charge in [0.25, 0.3) is 0 Å². The largest absolute Gasteiger partial charge is 0.394 e. The fourth-order valence-electron chi connectivity index (χ4n) is 13.7. The van der Waals surface area contributed by atoms with Crippen molar-refractivity contribution in [1.82, 2.24) is 16.0 Å². The Hall–Kier alpha value is -3.11. The van der Waals surface area contributed by atoms with E-state index in [1.807, 2.05) is 0 Å². The Balaban J connectivity index is 0.925. The van der Waals surface area contributed by atoms with E-state index in [4.69, 9.17) is 75.8 Å². The van der Waals surface area contributed by atoms with Crippen LogP contribution in [0.25, 0.3) is 0 Å². The van der Waals surface area contributed by atoms with Gasteiger partial charge in [-0.1, -0.05) is 39.0 Å². The summed E-state index contributed by atoms with van der Waals surface area (Å²) in [5.74, 6) is -2.60. The van der Waals surface area contributed by atoms with Crippen molar-refractivity contribution in [3.8, 4) is 0 Å². The molecule has 0 spiro atoms. The van der Waals surface area contributed by atoms with Crippen LogP contribution in [0.1, 0.15) is 66.2 Å².